The molecule has 0 aliphatic carbocycles. The van der Waals surface area contributed by atoms with E-state index < -0.39 is 0 Å². The zero-order chi connectivity index (χ0) is 17.5. The minimum absolute atomic E-state index is 0.148. The Labute approximate surface area is 146 Å². The summed E-state index contributed by atoms with van der Waals surface area (Å²) < 4.78 is 0. The molecule has 1 aromatic carbocycles. The number of piperazine rings is 1. The standard InChI is InChI=1S/C19H32N4O/c1-16-7-5-6-8-17(16)18(21(2)3)15-20-19(24)9-10-23-13-11-22(4)12-14-23/h5-8,18H,9-15H2,1-4H3,(H,20,24)/t18-/m1/s1. The molecule has 1 fully saturated rings. The summed E-state index contributed by atoms with van der Waals surface area (Å²) in [5.41, 5.74) is 2.55. The number of hydrogen-bond acceptors (Lipinski definition) is 4. The van der Waals surface area contributed by atoms with E-state index in [1.165, 1.54) is 11.1 Å². The number of nitrogens with zero attached hydrogens (tertiary/aromatic N) is 3. The van der Waals surface area contributed by atoms with Gasteiger partial charge in [-0.1, -0.05) is 24.3 Å². The third kappa shape index (κ3) is 5.58. The summed E-state index contributed by atoms with van der Waals surface area (Å²) in [5.74, 6) is 0.148. The van der Waals surface area contributed by atoms with Crippen LogP contribution in [0, 0.1) is 6.92 Å². The van der Waals surface area contributed by atoms with E-state index in [1.54, 1.807) is 0 Å². The average Bonchev–Trinajstić information content (AvgIpc) is 2.56. The number of rotatable bonds is 7. The minimum Gasteiger partial charge on any atom is -0.354 e. The molecule has 5 nitrogen and oxygen atoms in total. The zero-order valence-corrected chi connectivity index (χ0v) is 15.6. The zero-order valence-electron chi connectivity index (χ0n) is 15.6. The number of nitrogens with one attached hydrogen (secondary N) is 1. The lowest BCUT2D eigenvalue weighted by atomic mass is 10.0. The Morgan fingerprint density at radius 1 is 1.21 bits per heavy atom. The predicted octanol–water partition coefficient (Wildman–Crippen LogP) is 1.35. The molecule has 0 spiro atoms. The van der Waals surface area contributed by atoms with Gasteiger partial charge in [-0.3, -0.25) is 4.79 Å². The fourth-order valence-corrected chi connectivity index (χ4v) is 3.16. The number of hydrogen-bond donors (Lipinski definition) is 1. The molecular weight excluding hydrogens is 300 g/mol. The first-order chi connectivity index (χ1) is 11.5. The van der Waals surface area contributed by atoms with E-state index >= 15 is 0 Å². The molecule has 24 heavy (non-hydrogen) atoms. The molecule has 1 aromatic rings. The van der Waals surface area contributed by atoms with E-state index in [9.17, 15) is 4.79 Å². The van der Waals surface area contributed by atoms with Crippen molar-refractivity contribution in [3.05, 3.63) is 35.4 Å². The van der Waals surface area contributed by atoms with Gasteiger partial charge in [-0.15, -0.1) is 0 Å². The van der Waals surface area contributed by atoms with Gasteiger partial charge in [-0.25, -0.2) is 0 Å². The van der Waals surface area contributed by atoms with Crippen LogP contribution in [0.1, 0.15) is 23.6 Å². The van der Waals surface area contributed by atoms with Crippen molar-refractivity contribution in [3.8, 4) is 0 Å². The molecule has 0 bridgehead atoms. The Balaban J connectivity index is 1.79. The highest BCUT2D eigenvalue weighted by atomic mass is 16.1. The number of carbonyl (C=O) groups excluding carboxylic acids is 1. The Morgan fingerprint density at radius 3 is 2.50 bits per heavy atom. The van der Waals surface area contributed by atoms with Crippen LogP contribution >= 0.6 is 0 Å². The molecule has 1 heterocycles. The second-order valence-corrected chi connectivity index (χ2v) is 7.03. The topological polar surface area (TPSA) is 38.8 Å². The first-order valence-electron chi connectivity index (χ1n) is 8.87. The van der Waals surface area contributed by atoms with Gasteiger partial charge in [-0.05, 0) is 39.2 Å². The third-order valence-electron chi connectivity index (χ3n) is 4.91. The molecule has 1 aliphatic rings. The van der Waals surface area contributed by atoms with Gasteiger partial charge in [0, 0.05) is 45.7 Å². The van der Waals surface area contributed by atoms with Gasteiger partial charge in [0.25, 0.3) is 0 Å². The molecular formula is C19H32N4O. The lowest BCUT2D eigenvalue weighted by Gasteiger charge is -2.32. The first kappa shape index (κ1) is 18.9. The van der Waals surface area contributed by atoms with Crippen LogP contribution in [0.3, 0.4) is 0 Å². The van der Waals surface area contributed by atoms with E-state index in [1.807, 2.05) is 0 Å². The average molecular weight is 332 g/mol. The van der Waals surface area contributed by atoms with Crippen molar-refractivity contribution in [1.29, 1.82) is 0 Å². The summed E-state index contributed by atoms with van der Waals surface area (Å²) in [4.78, 5) is 19.1. The predicted molar refractivity (Wildman–Crippen MR) is 99.2 cm³/mol. The summed E-state index contributed by atoms with van der Waals surface area (Å²) in [6.45, 7) is 7.95. The maximum absolute atomic E-state index is 12.2. The Kier molecular flexibility index (Phi) is 7.21. The van der Waals surface area contributed by atoms with E-state index in [0.717, 1.165) is 32.7 Å². The van der Waals surface area contributed by atoms with Gasteiger partial charge < -0.3 is 20.0 Å². The van der Waals surface area contributed by atoms with Crippen molar-refractivity contribution in [2.24, 2.45) is 0 Å². The molecule has 1 saturated heterocycles. The highest BCUT2D eigenvalue weighted by molar-refractivity contribution is 5.76. The van der Waals surface area contributed by atoms with Crippen molar-refractivity contribution in [3.63, 3.8) is 0 Å². The second kappa shape index (κ2) is 9.16. The molecule has 0 unspecified atom stereocenters. The number of benzene rings is 1. The second-order valence-electron chi connectivity index (χ2n) is 7.03. The van der Waals surface area contributed by atoms with Gasteiger partial charge >= 0.3 is 0 Å². The summed E-state index contributed by atoms with van der Waals surface area (Å²) in [6, 6.07) is 8.60. The van der Waals surface area contributed by atoms with Crippen LogP contribution in [0.25, 0.3) is 0 Å². The summed E-state index contributed by atoms with van der Waals surface area (Å²) in [6.07, 6.45) is 0.581. The number of carbonyl (C=O) groups is 1. The van der Waals surface area contributed by atoms with Gasteiger partial charge in [0.2, 0.25) is 5.91 Å². The molecule has 1 atom stereocenters. The smallest absolute Gasteiger partial charge is 0.221 e. The number of amides is 1. The highest BCUT2D eigenvalue weighted by Gasteiger charge is 2.18. The van der Waals surface area contributed by atoms with E-state index in [2.05, 4.69) is 72.3 Å². The molecule has 1 amide bonds. The van der Waals surface area contributed by atoms with Crippen molar-refractivity contribution in [2.45, 2.75) is 19.4 Å². The fourth-order valence-electron chi connectivity index (χ4n) is 3.16. The molecule has 0 aromatic heterocycles. The quantitative estimate of drug-likeness (QED) is 0.818. The molecule has 1 aliphatic heterocycles. The molecule has 5 heteroatoms. The highest BCUT2D eigenvalue weighted by Crippen LogP contribution is 2.20. The summed E-state index contributed by atoms with van der Waals surface area (Å²) in [5, 5.41) is 3.12. The van der Waals surface area contributed by atoms with Crippen LogP contribution in [0.5, 0.6) is 0 Å². The third-order valence-corrected chi connectivity index (χ3v) is 4.91. The van der Waals surface area contributed by atoms with Gasteiger partial charge in [0.05, 0.1) is 6.04 Å². The van der Waals surface area contributed by atoms with Gasteiger partial charge in [-0.2, -0.15) is 0 Å². The van der Waals surface area contributed by atoms with Crippen molar-refractivity contribution < 1.29 is 4.79 Å². The maximum Gasteiger partial charge on any atom is 0.221 e. The van der Waals surface area contributed by atoms with Crippen LogP contribution in [0.2, 0.25) is 0 Å². The summed E-state index contributed by atoms with van der Waals surface area (Å²) >= 11 is 0. The Bertz CT molecular complexity index is 524. The monoisotopic (exact) mass is 332 g/mol. The SMILES string of the molecule is Cc1ccccc1[C@@H](CNC(=O)CCN1CCN(C)CC1)N(C)C. The minimum atomic E-state index is 0.148. The first-order valence-corrected chi connectivity index (χ1v) is 8.87. The summed E-state index contributed by atoms with van der Waals surface area (Å²) in [7, 11) is 6.28. The van der Waals surface area contributed by atoms with Crippen molar-refractivity contribution >= 4 is 5.91 Å². The van der Waals surface area contributed by atoms with Crippen LogP contribution < -0.4 is 5.32 Å². The van der Waals surface area contributed by atoms with Crippen molar-refractivity contribution in [1.82, 2.24) is 20.0 Å². The number of aryl methyl sites for hydroxylation is 1. The van der Waals surface area contributed by atoms with Crippen molar-refractivity contribution in [2.75, 3.05) is 60.4 Å². The molecule has 2 rings (SSSR count). The van der Waals surface area contributed by atoms with E-state index in [4.69, 9.17) is 0 Å². The maximum atomic E-state index is 12.2. The Hall–Kier alpha value is -1.43. The van der Waals surface area contributed by atoms with E-state index in [0.29, 0.717) is 13.0 Å². The lowest BCUT2D eigenvalue weighted by molar-refractivity contribution is -0.121. The molecule has 1 N–H and O–H groups in total. The fraction of sp³-hybridized carbons (Fsp3) is 0.632. The molecule has 0 saturated carbocycles. The number of likely N-dealkylation sites (N-methyl/N-ethyl adjacent to an activating group) is 2. The largest absolute Gasteiger partial charge is 0.354 e. The van der Waals surface area contributed by atoms with E-state index in [-0.39, 0.29) is 11.9 Å². The molecule has 134 valence electrons. The normalized spacial score (nSPS) is 17.9. The van der Waals surface area contributed by atoms with Crippen LogP contribution in [-0.2, 0) is 4.79 Å². The molecule has 0 radical (unpaired) electrons. The van der Waals surface area contributed by atoms with Crippen LogP contribution in [0.15, 0.2) is 24.3 Å². The van der Waals surface area contributed by atoms with Crippen LogP contribution in [-0.4, -0.2) is 81.0 Å². The Morgan fingerprint density at radius 2 is 1.88 bits per heavy atom. The van der Waals surface area contributed by atoms with Gasteiger partial charge in [0.1, 0.15) is 0 Å². The van der Waals surface area contributed by atoms with Gasteiger partial charge in [0.15, 0.2) is 0 Å². The lowest BCUT2D eigenvalue weighted by Crippen LogP contribution is -2.45. The van der Waals surface area contributed by atoms with Crippen LogP contribution in [0.4, 0.5) is 0 Å².